The summed E-state index contributed by atoms with van der Waals surface area (Å²) in [4.78, 5) is 28.8. The minimum atomic E-state index is -0.409. The van der Waals surface area contributed by atoms with Crippen LogP contribution in [-0.2, 0) is 0 Å². The third-order valence-corrected chi connectivity index (χ3v) is 5.96. The monoisotopic (exact) mass is 453 g/mol. The molecule has 0 unspecified atom stereocenters. The summed E-state index contributed by atoms with van der Waals surface area (Å²) in [6.45, 7) is 1.86. The van der Waals surface area contributed by atoms with Crippen LogP contribution in [0, 0.1) is 6.92 Å². The van der Waals surface area contributed by atoms with E-state index >= 15 is 0 Å². The van der Waals surface area contributed by atoms with E-state index in [4.69, 9.17) is 23.2 Å². The molecule has 0 fully saturated rings. The molecule has 2 aromatic carbocycles. The minimum absolute atomic E-state index is 0.281. The van der Waals surface area contributed by atoms with E-state index < -0.39 is 14.5 Å². The molecule has 0 aliphatic rings. The van der Waals surface area contributed by atoms with Gasteiger partial charge in [0.15, 0.2) is 0 Å². The van der Waals surface area contributed by atoms with E-state index in [9.17, 15) is 9.59 Å². The average Bonchev–Trinajstić information content (AvgIpc) is 3.07. The molecule has 2 amide bonds. The van der Waals surface area contributed by atoms with Crippen LogP contribution in [0.5, 0.6) is 0 Å². The van der Waals surface area contributed by atoms with Crippen molar-refractivity contribution in [3.8, 4) is 0 Å². The zero-order chi connectivity index (χ0) is 18.7. The average molecular weight is 453 g/mol. The Balaban J connectivity index is 1.71. The Morgan fingerprint density at radius 1 is 1.04 bits per heavy atom. The Bertz CT molecular complexity index is 968. The van der Waals surface area contributed by atoms with Gasteiger partial charge in [-0.1, -0.05) is 0 Å². The van der Waals surface area contributed by atoms with Gasteiger partial charge in [-0.3, -0.25) is 0 Å². The van der Waals surface area contributed by atoms with Gasteiger partial charge in [0.05, 0.1) is 0 Å². The van der Waals surface area contributed by atoms with E-state index in [1.54, 1.807) is 30.3 Å². The van der Waals surface area contributed by atoms with Gasteiger partial charge in [0.1, 0.15) is 0 Å². The zero-order valence-corrected chi connectivity index (χ0v) is 16.8. The Morgan fingerprint density at radius 2 is 1.81 bits per heavy atom. The summed E-state index contributed by atoms with van der Waals surface area (Å²) in [7, 11) is 0. The van der Waals surface area contributed by atoms with E-state index in [0.29, 0.717) is 30.4 Å². The van der Waals surface area contributed by atoms with Crippen LogP contribution in [-0.4, -0.2) is 31.3 Å². The fourth-order valence-electron chi connectivity index (χ4n) is 2.20. The van der Waals surface area contributed by atoms with Crippen molar-refractivity contribution in [3.63, 3.8) is 0 Å². The van der Waals surface area contributed by atoms with Crippen LogP contribution in [0.2, 0.25) is 10.0 Å². The van der Waals surface area contributed by atoms with Crippen molar-refractivity contribution in [1.29, 1.82) is 0 Å². The maximum absolute atomic E-state index is 12.4. The molecular weight excluding hydrogens is 440 g/mol. The summed E-state index contributed by atoms with van der Waals surface area (Å²) in [5.41, 5.74) is 1.88. The number of benzene rings is 2. The normalized spacial score (nSPS) is 10.4. The van der Waals surface area contributed by atoms with Crippen LogP contribution >= 0.6 is 23.2 Å². The second-order valence-corrected chi connectivity index (χ2v) is 8.39. The topological polar surface area (TPSA) is 71.1 Å². The van der Waals surface area contributed by atoms with Crippen molar-refractivity contribution >= 4 is 59.9 Å². The predicted molar refractivity (Wildman–Crippen MR) is 105 cm³/mol. The SMILES string of the molecule is Cc1cccc(Cl)c1NC(=O)c1cnc(NC(=O)c2cccc(Cl)c2)[se]1. The number of aryl methyl sites for hydroxylation is 1. The quantitative estimate of drug-likeness (QED) is 0.581. The summed E-state index contributed by atoms with van der Waals surface area (Å²) < 4.78 is 0.960. The number of nitrogens with zero attached hydrogens (tertiary/aromatic N) is 1. The van der Waals surface area contributed by atoms with Crippen molar-refractivity contribution < 1.29 is 9.59 Å². The van der Waals surface area contributed by atoms with Crippen LogP contribution in [0.4, 0.5) is 10.4 Å². The first kappa shape index (κ1) is 18.7. The number of aromatic nitrogens is 1. The van der Waals surface area contributed by atoms with Crippen molar-refractivity contribution in [2.45, 2.75) is 6.92 Å². The number of carbonyl (C=O) groups excluding carboxylic acids is 2. The number of rotatable bonds is 4. The molecule has 0 atom stereocenters. The zero-order valence-electron chi connectivity index (χ0n) is 13.5. The second kappa shape index (κ2) is 8.06. The standard InChI is InChI=1S/C18H13Cl2N3O2Se/c1-10-4-2-7-13(20)15(10)22-17(25)14-9-21-18(26-14)23-16(24)11-5-3-6-12(19)8-11/h2-9H,1H3,(H,22,25)(H,21,23,24). The Morgan fingerprint density at radius 3 is 2.54 bits per heavy atom. The molecule has 1 aromatic heterocycles. The molecule has 5 nitrogen and oxygen atoms in total. The number of anilines is 2. The second-order valence-electron chi connectivity index (χ2n) is 5.38. The van der Waals surface area contributed by atoms with Crippen LogP contribution < -0.4 is 10.6 Å². The Labute approximate surface area is 166 Å². The third-order valence-electron chi connectivity index (χ3n) is 3.50. The van der Waals surface area contributed by atoms with E-state index in [0.717, 1.165) is 5.56 Å². The molecule has 2 N–H and O–H groups in total. The number of halogens is 2. The molecule has 8 heteroatoms. The molecule has 132 valence electrons. The van der Waals surface area contributed by atoms with Crippen molar-refractivity contribution in [3.05, 3.63) is 74.3 Å². The summed E-state index contributed by atoms with van der Waals surface area (Å²) in [5, 5.41) is 6.47. The number of carbonyl (C=O) groups is 2. The van der Waals surface area contributed by atoms with Gasteiger partial charge in [0, 0.05) is 0 Å². The van der Waals surface area contributed by atoms with Crippen molar-refractivity contribution in [1.82, 2.24) is 4.98 Å². The van der Waals surface area contributed by atoms with Gasteiger partial charge >= 0.3 is 166 Å². The third kappa shape index (κ3) is 4.34. The number of para-hydroxylation sites is 1. The van der Waals surface area contributed by atoms with Crippen LogP contribution in [0.15, 0.2) is 48.7 Å². The van der Waals surface area contributed by atoms with Crippen LogP contribution in [0.1, 0.15) is 25.2 Å². The summed E-state index contributed by atoms with van der Waals surface area (Å²) >= 11 is 11.6. The van der Waals surface area contributed by atoms with Gasteiger partial charge in [-0.2, -0.15) is 0 Å². The summed E-state index contributed by atoms with van der Waals surface area (Å²) in [6.07, 6.45) is 1.47. The molecule has 0 aliphatic heterocycles. The number of hydrogen-bond donors (Lipinski definition) is 2. The summed E-state index contributed by atoms with van der Waals surface area (Å²) in [5.74, 6) is -0.595. The first-order chi connectivity index (χ1) is 12.4. The van der Waals surface area contributed by atoms with Gasteiger partial charge in [0.25, 0.3) is 0 Å². The molecule has 0 aliphatic carbocycles. The van der Waals surface area contributed by atoms with Crippen LogP contribution in [0.25, 0.3) is 0 Å². The molecule has 0 radical (unpaired) electrons. The van der Waals surface area contributed by atoms with Gasteiger partial charge in [-0.05, 0) is 0 Å². The van der Waals surface area contributed by atoms with Crippen LogP contribution in [0.3, 0.4) is 0 Å². The van der Waals surface area contributed by atoms with Gasteiger partial charge in [-0.15, -0.1) is 0 Å². The molecule has 0 bridgehead atoms. The van der Waals surface area contributed by atoms with Crippen molar-refractivity contribution in [2.75, 3.05) is 10.6 Å². The van der Waals surface area contributed by atoms with E-state index in [2.05, 4.69) is 15.6 Å². The molecule has 26 heavy (non-hydrogen) atoms. The fourth-order valence-corrected chi connectivity index (χ4v) is 4.14. The number of amides is 2. The van der Waals surface area contributed by atoms with E-state index in [1.807, 2.05) is 19.1 Å². The first-order valence-corrected chi connectivity index (χ1v) is 10.00. The van der Waals surface area contributed by atoms with E-state index in [-0.39, 0.29) is 11.8 Å². The number of hydrogen-bond acceptors (Lipinski definition) is 3. The molecule has 0 saturated carbocycles. The Kier molecular flexibility index (Phi) is 5.79. The van der Waals surface area contributed by atoms with Crippen molar-refractivity contribution in [2.24, 2.45) is 0 Å². The molecule has 3 aromatic rings. The van der Waals surface area contributed by atoms with Gasteiger partial charge in [0.2, 0.25) is 0 Å². The summed E-state index contributed by atoms with van der Waals surface area (Å²) in [6, 6.07) is 12.0. The van der Waals surface area contributed by atoms with Gasteiger partial charge in [-0.25, -0.2) is 0 Å². The molecule has 1 heterocycles. The fraction of sp³-hybridized carbons (Fsp3) is 0.0556. The van der Waals surface area contributed by atoms with E-state index in [1.165, 1.54) is 6.20 Å². The molecular formula is C18H13Cl2N3O2Se. The maximum atomic E-state index is 12.4. The Hall–Kier alpha value is -2.11. The molecule has 3 rings (SSSR count). The molecule has 0 spiro atoms. The predicted octanol–water partition coefficient (Wildman–Crippen LogP) is 4.26. The first-order valence-electron chi connectivity index (χ1n) is 7.53. The van der Waals surface area contributed by atoms with Gasteiger partial charge < -0.3 is 0 Å². The molecule has 0 saturated heterocycles. The number of nitrogens with one attached hydrogen (secondary N) is 2.